The molecule has 0 unspecified atom stereocenters. The summed E-state index contributed by atoms with van der Waals surface area (Å²) in [6, 6.07) is 6.49. The van der Waals surface area contributed by atoms with Crippen LogP contribution in [0.25, 0.3) is 11.4 Å². The number of hydrogen-bond donors (Lipinski definition) is 4. The maximum atomic E-state index is 11.0. The third kappa shape index (κ3) is 4.41. The van der Waals surface area contributed by atoms with Crippen LogP contribution in [0, 0.1) is 23.2 Å². The van der Waals surface area contributed by atoms with Crippen molar-refractivity contribution in [3.8, 4) is 11.4 Å². The monoisotopic (exact) mass is 436 g/mol. The summed E-state index contributed by atoms with van der Waals surface area (Å²) in [5.41, 5.74) is 13.7. The average molecular weight is 437 g/mol. The highest BCUT2D eigenvalue weighted by Crippen LogP contribution is 2.61. The Bertz CT molecular complexity index is 957. The van der Waals surface area contributed by atoms with Gasteiger partial charge in [-0.3, -0.25) is 4.79 Å². The number of carbonyl (C=O) groups is 1. The minimum Gasteiger partial charge on any atom is -0.480 e. The summed E-state index contributed by atoms with van der Waals surface area (Å²) in [6.07, 6.45) is 9.99. The van der Waals surface area contributed by atoms with Gasteiger partial charge in [0.2, 0.25) is 11.9 Å². The van der Waals surface area contributed by atoms with Crippen molar-refractivity contribution in [1.29, 1.82) is 0 Å². The zero-order chi connectivity index (χ0) is 22.3. The van der Waals surface area contributed by atoms with Crippen LogP contribution in [0.4, 0.5) is 11.9 Å². The van der Waals surface area contributed by atoms with Crippen molar-refractivity contribution in [2.24, 2.45) is 28.9 Å². The van der Waals surface area contributed by atoms with Crippen LogP contribution in [-0.2, 0) is 11.2 Å². The molecule has 32 heavy (non-hydrogen) atoms. The molecule has 1 heterocycles. The van der Waals surface area contributed by atoms with Crippen molar-refractivity contribution in [3.05, 3.63) is 29.8 Å². The lowest BCUT2D eigenvalue weighted by atomic mass is 9.49. The Kier molecular flexibility index (Phi) is 5.49. The molecule has 2 aromatic rings. The van der Waals surface area contributed by atoms with Gasteiger partial charge in [-0.2, -0.15) is 15.0 Å². The zero-order valence-electron chi connectivity index (χ0n) is 18.3. The summed E-state index contributed by atoms with van der Waals surface area (Å²) in [7, 11) is 0. The fourth-order valence-corrected chi connectivity index (χ4v) is 6.77. The smallest absolute Gasteiger partial charge is 0.320 e. The topological polar surface area (TPSA) is 140 Å². The Balaban J connectivity index is 1.23. The van der Waals surface area contributed by atoms with E-state index in [1.807, 2.05) is 24.3 Å². The first kappa shape index (κ1) is 21.1. The molecule has 8 nitrogen and oxygen atoms in total. The van der Waals surface area contributed by atoms with Gasteiger partial charge in [-0.05, 0) is 80.1 Å². The molecule has 0 saturated heterocycles. The molecule has 8 heteroatoms. The molecule has 4 aliphatic rings. The summed E-state index contributed by atoms with van der Waals surface area (Å²) in [4.78, 5) is 24.1. The molecule has 6 rings (SSSR count). The maximum absolute atomic E-state index is 11.0. The Morgan fingerprint density at radius 3 is 2.28 bits per heavy atom. The first-order valence-electron chi connectivity index (χ1n) is 11.7. The Hall–Kier alpha value is -2.74. The lowest BCUT2D eigenvalue weighted by Gasteiger charge is -2.57. The summed E-state index contributed by atoms with van der Waals surface area (Å²) < 4.78 is 0. The number of nitrogens with one attached hydrogen (secondary N) is 1. The zero-order valence-corrected chi connectivity index (χ0v) is 18.3. The van der Waals surface area contributed by atoms with Crippen LogP contribution in [0.15, 0.2) is 24.3 Å². The van der Waals surface area contributed by atoms with Crippen molar-refractivity contribution in [2.75, 3.05) is 17.6 Å². The first-order valence-corrected chi connectivity index (χ1v) is 11.7. The molecule has 0 aliphatic heterocycles. The second kappa shape index (κ2) is 8.31. The summed E-state index contributed by atoms with van der Waals surface area (Å²) in [6.45, 7) is 0.848. The van der Waals surface area contributed by atoms with Gasteiger partial charge >= 0.3 is 5.97 Å². The van der Waals surface area contributed by atoms with Gasteiger partial charge < -0.3 is 21.9 Å². The Morgan fingerprint density at radius 2 is 1.69 bits per heavy atom. The van der Waals surface area contributed by atoms with Crippen molar-refractivity contribution in [2.45, 2.75) is 57.4 Å². The quantitative estimate of drug-likeness (QED) is 0.495. The third-order valence-electron chi connectivity index (χ3n) is 7.74. The fraction of sp³-hybridized carbons (Fsp3) is 0.583. The SMILES string of the molecule is Nc1nc(NCCC23CC4CC(CC(C4)C2)C3)nc(-c2ccc(C[C@H](N)C(=O)O)cc2)n1. The molecular weight excluding hydrogens is 404 g/mol. The van der Waals surface area contributed by atoms with Crippen molar-refractivity contribution < 1.29 is 9.90 Å². The van der Waals surface area contributed by atoms with E-state index in [0.717, 1.165) is 41.8 Å². The predicted octanol–water partition coefficient (Wildman–Crippen LogP) is 3.09. The molecule has 4 aliphatic carbocycles. The second-order valence-electron chi connectivity index (χ2n) is 10.3. The maximum Gasteiger partial charge on any atom is 0.320 e. The minimum atomic E-state index is -1.01. The van der Waals surface area contributed by atoms with E-state index >= 15 is 0 Å². The summed E-state index contributed by atoms with van der Waals surface area (Å²) in [5, 5.41) is 12.4. The van der Waals surface area contributed by atoms with Crippen molar-refractivity contribution >= 4 is 17.9 Å². The molecule has 4 bridgehead atoms. The van der Waals surface area contributed by atoms with E-state index in [1.54, 1.807) is 0 Å². The van der Waals surface area contributed by atoms with Crippen LogP contribution in [0.1, 0.15) is 50.5 Å². The number of aromatic nitrogens is 3. The lowest BCUT2D eigenvalue weighted by Crippen LogP contribution is -2.46. The van der Waals surface area contributed by atoms with Crippen LogP contribution >= 0.6 is 0 Å². The molecule has 0 spiro atoms. The summed E-state index contributed by atoms with van der Waals surface area (Å²) >= 11 is 0. The van der Waals surface area contributed by atoms with E-state index in [1.165, 1.54) is 38.5 Å². The Labute approximate surface area is 188 Å². The third-order valence-corrected chi connectivity index (χ3v) is 7.74. The molecule has 4 saturated carbocycles. The Morgan fingerprint density at radius 1 is 1.06 bits per heavy atom. The number of nitrogens with two attached hydrogens (primary N) is 2. The van der Waals surface area contributed by atoms with E-state index in [2.05, 4.69) is 20.3 Å². The lowest BCUT2D eigenvalue weighted by molar-refractivity contribution is -0.138. The molecule has 1 aromatic carbocycles. The van der Waals surface area contributed by atoms with E-state index in [9.17, 15) is 4.79 Å². The van der Waals surface area contributed by atoms with Crippen molar-refractivity contribution in [1.82, 2.24) is 15.0 Å². The highest BCUT2D eigenvalue weighted by molar-refractivity contribution is 5.73. The highest BCUT2D eigenvalue weighted by atomic mass is 16.4. The van der Waals surface area contributed by atoms with Crippen LogP contribution < -0.4 is 16.8 Å². The van der Waals surface area contributed by atoms with Gasteiger partial charge in [-0.1, -0.05) is 24.3 Å². The molecule has 6 N–H and O–H groups in total. The number of carboxylic acids is 1. The van der Waals surface area contributed by atoms with Gasteiger partial charge in [0.05, 0.1) is 0 Å². The molecule has 170 valence electrons. The van der Waals surface area contributed by atoms with Crippen LogP contribution in [0.3, 0.4) is 0 Å². The molecule has 4 fully saturated rings. The first-order chi connectivity index (χ1) is 15.4. The number of nitrogen functional groups attached to an aromatic ring is 1. The van der Waals surface area contributed by atoms with Crippen molar-refractivity contribution in [3.63, 3.8) is 0 Å². The van der Waals surface area contributed by atoms with E-state index in [4.69, 9.17) is 16.6 Å². The molecular formula is C24H32N6O2. The van der Waals surface area contributed by atoms with Crippen LogP contribution in [-0.4, -0.2) is 38.6 Å². The normalized spacial score (nSPS) is 29.1. The molecule has 0 radical (unpaired) electrons. The number of rotatable bonds is 8. The van der Waals surface area contributed by atoms with Gasteiger partial charge in [0.1, 0.15) is 6.04 Å². The number of nitrogens with zero attached hydrogens (tertiary/aromatic N) is 3. The minimum absolute atomic E-state index is 0.185. The van der Waals surface area contributed by atoms with Gasteiger partial charge in [-0.25, -0.2) is 0 Å². The average Bonchev–Trinajstić information content (AvgIpc) is 2.72. The predicted molar refractivity (Wildman–Crippen MR) is 123 cm³/mol. The summed E-state index contributed by atoms with van der Waals surface area (Å²) in [5.74, 6) is 3.04. The highest BCUT2D eigenvalue weighted by Gasteiger charge is 2.50. The van der Waals surface area contributed by atoms with Gasteiger partial charge in [0.25, 0.3) is 0 Å². The van der Waals surface area contributed by atoms with E-state index in [0.29, 0.717) is 17.2 Å². The standard InChI is InChI=1S/C24H32N6O2/c25-19(21(31)32)10-14-1-3-18(4-2-14)20-28-22(26)30-23(29-20)27-6-5-24-11-15-7-16(12-24)9-17(8-15)13-24/h1-4,15-17,19H,5-13,25H2,(H,31,32)(H3,26,27,28,29,30)/t15?,16?,17?,19-,24?/m0/s1. The van der Waals surface area contributed by atoms with Crippen LogP contribution in [0.2, 0.25) is 0 Å². The number of benzene rings is 1. The second-order valence-corrected chi connectivity index (χ2v) is 10.3. The van der Waals surface area contributed by atoms with E-state index < -0.39 is 12.0 Å². The number of aliphatic carboxylic acids is 1. The van der Waals surface area contributed by atoms with E-state index in [-0.39, 0.29) is 12.4 Å². The molecule has 0 amide bonds. The number of anilines is 2. The fourth-order valence-electron chi connectivity index (χ4n) is 6.77. The van der Waals surface area contributed by atoms with Gasteiger partial charge in [-0.15, -0.1) is 0 Å². The van der Waals surface area contributed by atoms with Gasteiger partial charge in [0.15, 0.2) is 5.82 Å². The number of hydrogen-bond acceptors (Lipinski definition) is 7. The van der Waals surface area contributed by atoms with Crippen LogP contribution in [0.5, 0.6) is 0 Å². The van der Waals surface area contributed by atoms with Gasteiger partial charge in [0, 0.05) is 12.1 Å². The number of carboxylic acid groups (broad SMARTS) is 1. The molecule has 1 atom stereocenters. The largest absolute Gasteiger partial charge is 0.480 e. The molecule has 1 aromatic heterocycles.